The summed E-state index contributed by atoms with van der Waals surface area (Å²) in [4.78, 5) is 23.8. The van der Waals surface area contributed by atoms with Crippen LogP contribution in [0.15, 0.2) is 54.6 Å². The van der Waals surface area contributed by atoms with Gasteiger partial charge in [0.15, 0.2) is 0 Å². The summed E-state index contributed by atoms with van der Waals surface area (Å²) in [6.45, 7) is 7.56. The summed E-state index contributed by atoms with van der Waals surface area (Å²) in [6.07, 6.45) is 2.24. The Morgan fingerprint density at radius 1 is 0.550 bits per heavy atom. The standard InChI is InChI=1S/C30H43NO9/c1-2-3-13-31-28-11-9-27(10-12-28)30(33)40-25-23-38-21-19-36-17-15-34-14-16-35-18-20-37-22-24-39-29(32)26-7-5-4-6-8-26/h4-12,31H,2-3,13-25H2,1H3. The Morgan fingerprint density at radius 3 is 1.38 bits per heavy atom. The summed E-state index contributed by atoms with van der Waals surface area (Å²) in [6, 6.07) is 16.1. The third-order valence-electron chi connectivity index (χ3n) is 5.40. The summed E-state index contributed by atoms with van der Waals surface area (Å²) in [5.41, 5.74) is 2.03. The highest BCUT2D eigenvalue weighted by Gasteiger charge is 2.07. The molecule has 2 rings (SSSR count). The molecule has 0 aliphatic heterocycles. The molecule has 0 bridgehead atoms. The molecule has 10 nitrogen and oxygen atoms in total. The van der Waals surface area contributed by atoms with Gasteiger partial charge in [-0.3, -0.25) is 0 Å². The number of hydrogen-bond acceptors (Lipinski definition) is 10. The minimum atomic E-state index is -0.365. The molecule has 2 aromatic rings. The zero-order valence-electron chi connectivity index (χ0n) is 23.5. The number of benzene rings is 2. The molecule has 0 radical (unpaired) electrons. The van der Waals surface area contributed by atoms with E-state index in [4.69, 9.17) is 33.2 Å². The van der Waals surface area contributed by atoms with Gasteiger partial charge >= 0.3 is 11.9 Å². The van der Waals surface area contributed by atoms with Gasteiger partial charge in [-0.15, -0.1) is 0 Å². The fourth-order valence-corrected chi connectivity index (χ4v) is 3.24. The van der Waals surface area contributed by atoms with Crippen molar-refractivity contribution in [2.75, 3.05) is 91.1 Å². The fraction of sp³-hybridized carbons (Fsp3) is 0.533. The van der Waals surface area contributed by atoms with Crippen LogP contribution in [-0.2, 0) is 33.2 Å². The van der Waals surface area contributed by atoms with Crippen LogP contribution in [0.25, 0.3) is 0 Å². The van der Waals surface area contributed by atoms with E-state index in [2.05, 4.69) is 12.2 Å². The van der Waals surface area contributed by atoms with Crippen LogP contribution in [0.5, 0.6) is 0 Å². The molecule has 0 amide bonds. The van der Waals surface area contributed by atoms with Crippen molar-refractivity contribution < 1.29 is 42.7 Å². The predicted molar refractivity (Wildman–Crippen MR) is 151 cm³/mol. The van der Waals surface area contributed by atoms with Crippen LogP contribution in [0.4, 0.5) is 5.69 Å². The quantitative estimate of drug-likeness (QED) is 0.149. The molecule has 0 aliphatic carbocycles. The summed E-state index contributed by atoms with van der Waals surface area (Å²) in [7, 11) is 0. The van der Waals surface area contributed by atoms with Gasteiger partial charge in [0.05, 0.1) is 77.2 Å². The number of anilines is 1. The lowest BCUT2D eigenvalue weighted by atomic mass is 10.2. The van der Waals surface area contributed by atoms with Gasteiger partial charge in [-0.2, -0.15) is 0 Å². The Balaban J connectivity index is 1.28. The third-order valence-corrected chi connectivity index (χ3v) is 5.40. The van der Waals surface area contributed by atoms with E-state index >= 15 is 0 Å². The SMILES string of the molecule is CCCCNc1ccc(C(=O)OCCOCCOCCOCCOCCOCCOC(=O)c2ccccc2)cc1. The second-order valence-corrected chi connectivity index (χ2v) is 8.56. The van der Waals surface area contributed by atoms with E-state index in [9.17, 15) is 9.59 Å². The predicted octanol–water partition coefficient (Wildman–Crippen LogP) is 4.00. The van der Waals surface area contributed by atoms with Crippen molar-refractivity contribution in [1.82, 2.24) is 0 Å². The van der Waals surface area contributed by atoms with Crippen LogP contribution in [0.1, 0.15) is 40.5 Å². The van der Waals surface area contributed by atoms with Crippen molar-refractivity contribution >= 4 is 17.6 Å². The van der Waals surface area contributed by atoms with Crippen molar-refractivity contribution in [1.29, 1.82) is 0 Å². The van der Waals surface area contributed by atoms with Crippen molar-refractivity contribution in [2.24, 2.45) is 0 Å². The Kier molecular flexibility index (Phi) is 18.9. The lowest BCUT2D eigenvalue weighted by Crippen LogP contribution is -2.15. The van der Waals surface area contributed by atoms with Gasteiger partial charge in [-0.25, -0.2) is 9.59 Å². The first-order chi connectivity index (χ1) is 19.7. The molecule has 222 valence electrons. The summed E-state index contributed by atoms with van der Waals surface area (Å²) >= 11 is 0. The van der Waals surface area contributed by atoms with Crippen LogP contribution in [0.2, 0.25) is 0 Å². The molecule has 0 heterocycles. The summed E-state index contributed by atoms with van der Waals surface area (Å²) in [5, 5.41) is 3.31. The first-order valence-electron chi connectivity index (χ1n) is 13.8. The molecule has 0 fully saturated rings. The van der Waals surface area contributed by atoms with E-state index in [-0.39, 0.29) is 25.2 Å². The van der Waals surface area contributed by atoms with Gasteiger partial charge in [0.25, 0.3) is 0 Å². The Labute approximate surface area is 237 Å². The van der Waals surface area contributed by atoms with Gasteiger partial charge in [0.1, 0.15) is 13.2 Å². The van der Waals surface area contributed by atoms with Gasteiger partial charge in [-0.05, 0) is 42.8 Å². The minimum absolute atomic E-state index is 0.186. The molecule has 2 aromatic carbocycles. The highest BCUT2D eigenvalue weighted by atomic mass is 16.6. The first kappa shape index (κ1) is 33.2. The molecule has 1 N–H and O–H groups in total. The number of ether oxygens (including phenoxy) is 7. The number of carbonyl (C=O) groups is 2. The number of carbonyl (C=O) groups excluding carboxylic acids is 2. The van der Waals surface area contributed by atoms with Crippen LogP contribution in [-0.4, -0.2) is 97.8 Å². The maximum absolute atomic E-state index is 12.1. The van der Waals surface area contributed by atoms with E-state index in [1.807, 2.05) is 18.2 Å². The number of rotatable bonds is 24. The van der Waals surface area contributed by atoms with Crippen LogP contribution in [0, 0.1) is 0 Å². The van der Waals surface area contributed by atoms with Gasteiger partial charge in [0, 0.05) is 12.2 Å². The second kappa shape index (κ2) is 22.8. The molecule has 0 saturated carbocycles. The van der Waals surface area contributed by atoms with Crippen molar-refractivity contribution in [3.05, 3.63) is 65.7 Å². The van der Waals surface area contributed by atoms with E-state index < -0.39 is 0 Å². The molecule has 0 atom stereocenters. The van der Waals surface area contributed by atoms with Crippen LogP contribution >= 0.6 is 0 Å². The molecule has 10 heteroatoms. The Hall–Kier alpha value is -3.02. The molecule has 0 unspecified atom stereocenters. The van der Waals surface area contributed by atoms with Gasteiger partial charge in [-0.1, -0.05) is 31.5 Å². The molecule has 0 aromatic heterocycles. The third kappa shape index (κ3) is 16.2. The Morgan fingerprint density at radius 2 is 0.950 bits per heavy atom. The van der Waals surface area contributed by atoms with Gasteiger partial charge < -0.3 is 38.5 Å². The molecular formula is C30H43NO9. The van der Waals surface area contributed by atoms with Crippen molar-refractivity contribution in [3.8, 4) is 0 Å². The maximum atomic E-state index is 12.1. The number of nitrogens with one attached hydrogen (secondary N) is 1. The van der Waals surface area contributed by atoms with Crippen LogP contribution < -0.4 is 5.32 Å². The molecule has 0 spiro atoms. The molecular weight excluding hydrogens is 518 g/mol. The summed E-state index contributed by atoms with van der Waals surface area (Å²) < 4.78 is 37.5. The largest absolute Gasteiger partial charge is 0.460 e. The average Bonchev–Trinajstić information content (AvgIpc) is 2.99. The first-order valence-corrected chi connectivity index (χ1v) is 13.8. The highest BCUT2D eigenvalue weighted by molar-refractivity contribution is 5.90. The normalized spacial score (nSPS) is 10.8. The average molecular weight is 562 g/mol. The maximum Gasteiger partial charge on any atom is 0.338 e. The number of esters is 2. The summed E-state index contributed by atoms with van der Waals surface area (Å²) in [5.74, 6) is -0.726. The van der Waals surface area contributed by atoms with E-state index in [0.29, 0.717) is 77.2 Å². The molecule has 0 aliphatic rings. The zero-order valence-corrected chi connectivity index (χ0v) is 23.5. The van der Waals surface area contributed by atoms with Crippen molar-refractivity contribution in [3.63, 3.8) is 0 Å². The van der Waals surface area contributed by atoms with Gasteiger partial charge in [0.2, 0.25) is 0 Å². The number of hydrogen-bond donors (Lipinski definition) is 1. The fourth-order valence-electron chi connectivity index (χ4n) is 3.24. The highest BCUT2D eigenvalue weighted by Crippen LogP contribution is 2.11. The number of unbranched alkanes of at least 4 members (excludes halogenated alkanes) is 1. The Bertz CT molecular complexity index is 909. The molecule has 0 saturated heterocycles. The molecule has 40 heavy (non-hydrogen) atoms. The second-order valence-electron chi connectivity index (χ2n) is 8.56. The van der Waals surface area contributed by atoms with Crippen LogP contribution in [0.3, 0.4) is 0 Å². The van der Waals surface area contributed by atoms with Crippen molar-refractivity contribution in [2.45, 2.75) is 19.8 Å². The topological polar surface area (TPSA) is 111 Å². The lowest BCUT2D eigenvalue weighted by Gasteiger charge is -2.09. The minimum Gasteiger partial charge on any atom is -0.460 e. The van der Waals surface area contributed by atoms with E-state index in [1.54, 1.807) is 36.4 Å². The van der Waals surface area contributed by atoms with E-state index in [0.717, 1.165) is 25.1 Å². The van der Waals surface area contributed by atoms with E-state index in [1.165, 1.54) is 0 Å². The lowest BCUT2D eigenvalue weighted by molar-refractivity contribution is -0.0180. The smallest absolute Gasteiger partial charge is 0.338 e. The zero-order chi connectivity index (χ0) is 28.5. The monoisotopic (exact) mass is 561 g/mol.